The largest absolute Gasteiger partial charge is 0.496 e. The number of nitrogens with one attached hydrogen (secondary N) is 1. The molecule has 0 aliphatic carbocycles. The Labute approximate surface area is 166 Å². The average molecular weight is 398 g/mol. The predicted octanol–water partition coefficient (Wildman–Crippen LogP) is 2.32. The minimum absolute atomic E-state index is 0.107. The molecule has 1 saturated heterocycles. The second-order valence-corrected chi connectivity index (χ2v) is 7.68. The van der Waals surface area contributed by atoms with Crippen LogP contribution in [0.15, 0.2) is 34.4 Å². The number of rotatable bonds is 4. The number of carbonyl (C=O) groups is 1. The molecule has 146 valence electrons. The van der Waals surface area contributed by atoms with E-state index in [9.17, 15) is 9.59 Å². The molecule has 4 rings (SSSR count). The lowest BCUT2D eigenvalue weighted by atomic mass is 10.1. The van der Waals surface area contributed by atoms with Crippen molar-refractivity contribution >= 4 is 27.5 Å². The molecular weight excluding hydrogens is 376 g/mol. The summed E-state index contributed by atoms with van der Waals surface area (Å²) in [6.07, 6.45) is 0. The second-order valence-electron chi connectivity index (χ2n) is 6.82. The number of amides is 1. The van der Waals surface area contributed by atoms with Gasteiger partial charge < -0.3 is 14.6 Å². The number of thiophene rings is 1. The molecule has 2 aromatic heterocycles. The molecule has 3 aromatic rings. The van der Waals surface area contributed by atoms with E-state index in [0.717, 1.165) is 34.8 Å². The van der Waals surface area contributed by atoms with Gasteiger partial charge in [0.25, 0.3) is 5.56 Å². The Kier molecular flexibility index (Phi) is 5.15. The summed E-state index contributed by atoms with van der Waals surface area (Å²) in [5, 5.41) is 2.56. The maximum Gasteiger partial charge on any atom is 0.260 e. The van der Waals surface area contributed by atoms with Crippen molar-refractivity contribution in [2.24, 2.45) is 0 Å². The number of fused-ring (bicyclic) bond motifs is 1. The zero-order chi connectivity index (χ0) is 19.7. The highest BCUT2D eigenvalue weighted by Crippen LogP contribution is 2.36. The molecule has 0 spiro atoms. The Morgan fingerprint density at radius 2 is 1.96 bits per heavy atom. The van der Waals surface area contributed by atoms with Gasteiger partial charge in [-0.1, -0.05) is 18.2 Å². The highest BCUT2D eigenvalue weighted by Gasteiger charge is 2.20. The standard InChI is InChI=1S/C20H22N4O3S/c1-13(25)24-9-7-23(8-10-24)11-17-21-19(26)18-15(12-28-20(18)22-17)14-5-3-4-6-16(14)27-2/h3-6,12H,7-11H2,1-2H3,(H,21,22,26). The number of aromatic amines is 1. The number of methoxy groups -OCH3 is 1. The first kappa shape index (κ1) is 18.6. The highest BCUT2D eigenvalue weighted by molar-refractivity contribution is 7.17. The van der Waals surface area contributed by atoms with Gasteiger partial charge in [-0.05, 0) is 6.07 Å². The zero-order valence-electron chi connectivity index (χ0n) is 15.9. The predicted molar refractivity (Wildman–Crippen MR) is 110 cm³/mol. The number of benzene rings is 1. The van der Waals surface area contributed by atoms with Crippen LogP contribution in [0.3, 0.4) is 0 Å². The Morgan fingerprint density at radius 3 is 2.68 bits per heavy atom. The molecule has 1 N–H and O–H groups in total. The summed E-state index contributed by atoms with van der Waals surface area (Å²) in [5.74, 6) is 1.49. The van der Waals surface area contributed by atoms with Gasteiger partial charge in [0, 0.05) is 49.6 Å². The van der Waals surface area contributed by atoms with Crippen LogP contribution >= 0.6 is 11.3 Å². The van der Waals surface area contributed by atoms with E-state index < -0.39 is 0 Å². The van der Waals surface area contributed by atoms with Gasteiger partial charge in [0.2, 0.25) is 5.91 Å². The monoisotopic (exact) mass is 398 g/mol. The lowest BCUT2D eigenvalue weighted by molar-refractivity contribution is -0.130. The second kappa shape index (κ2) is 7.73. The number of aromatic nitrogens is 2. The number of H-pyrrole nitrogens is 1. The Hall–Kier alpha value is -2.71. The highest BCUT2D eigenvalue weighted by atomic mass is 32.1. The van der Waals surface area contributed by atoms with E-state index in [0.29, 0.717) is 30.8 Å². The van der Waals surface area contributed by atoms with Crippen molar-refractivity contribution < 1.29 is 9.53 Å². The molecule has 1 fully saturated rings. The van der Waals surface area contributed by atoms with Crippen molar-refractivity contribution in [2.45, 2.75) is 13.5 Å². The normalized spacial score (nSPS) is 15.1. The van der Waals surface area contributed by atoms with Crippen molar-refractivity contribution in [1.82, 2.24) is 19.8 Å². The molecule has 7 nitrogen and oxygen atoms in total. The van der Waals surface area contributed by atoms with Crippen molar-refractivity contribution in [3.63, 3.8) is 0 Å². The van der Waals surface area contributed by atoms with Crippen molar-refractivity contribution in [2.75, 3.05) is 33.3 Å². The van der Waals surface area contributed by atoms with Gasteiger partial charge in [0.1, 0.15) is 16.4 Å². The number of para-hydroxylation sites is 1. The molecule has 1 aromatic carbocycles. The first-order chi connectivity index (χ1) is 13.6. The molecule has 1 aliphatic rings. The molecule has 3 heterocycles. The van der Waals surface area contributed by atoms with Gasteiger partial charge in [-0.3, -0.25) is 14.5 Å². The van der Waals surface area contributed by atoms with E-state index in [1.54, 1.807) is 14.0 Å². The molecular formula is C20H22N4O3S. The number of carbonyl (C=O) groups excluding carboxylic acids is 1. The van der Waals surface area contributed by atoms with Crippen LogP contribution in [0.4, 0.5) is 0 Å². The maximum atomic E-state index is 12.8. The van der Waals surface area contributed by atoms with Crippen molar-refractivity contribution in [3.05, 3.63) is 45.8 Å². The lowest BCUT2D eigenvalue weighted by Crippen LogP contribution is -2.47. The molecule has 0 bridgehead atoms. The number of piperazine rings is 1. The van der Waals surface area contributed by atoms with Crippen LogP contribution in [0.5, 0.6) is 5.75 Å². The van der Waals surface area contributed by atoms with Crippen LogP contribution in [0.2, 0.25) is 0 Å². The summed E-state index contributed by atoms with van der Waals surface area (Å²) in [7, 11) is 1.62. The third-order valence-electron chi connectivity index (χ3n) is 5.08. The zero-order valence-corrected chi connectivity index (χ0v) is 16.7. The summed E-state index contributed by atoms with van der Waals surface area (Å²) in [6, 6.07) is 7.67. The number of hydrogen-bond acceptors (Lipinski definition) is 6. The average Bonchev–Trinajstić information content (AvgIpc) is 3.12. The number of nitrogens with zero attached hydrogens (tertiary/aromatic N) is 3. The Bertz CT molecular complexity index is 1070. The van der Waals surface area contributed by atoms with Gasteiger partial charge in [0.15, 0.2) is 0 Å². The van der Waals surface area contributed by atoms with E-state index in [-0.39, 0.29) is 11.5 Å². The van der Waals surface area contributed by atoms with E-state index >= 15 is 0 Å². The fraction of sp³-hybridized carbons (Fsp3) is 0.350. The summed E-state index contributed by atoms with van der Waals surface area (Å²) >= 11 is 1.46. The van der Waals surface area contributed by atoms with E-state index in [2.05, 4.69) is 14.9 Å². The molecule has 28 heavy (non-hydrogen) atoms. The third-order valence-corrected chi connectivity index (χ3v) is 5.95. The van der Waals surface area contributed by atoms with Gasteiger partial charge in [0.05, 0.1) is 19.0 Å². The maximum absolute atomic E-state index is 12.8. The summed E-state index contributed by atoms with van der Waals surface area (Å²) in [4.78, 5) is 36.7. The van der Waals surface area contributed by atoms with Crippen LogP contribution in [-0.4, -0.2) is 59.0 Å². The van der Waals surface area contributed by atoms with Crippen LogP contribution in [-0.2, 0) is 11.3 Å². The smallest absolute Gasteiger partial charge is 0.260 e. The molecule has 0 radical (unpaired) electrons. The summed E-state index contributed by atoms with van der Waals surface area (Å²) in [6.45, 7) is 5.13. The van der Waals surface area contributed by atoms with Crippen LogP contribution < -0.4 is 10.3 Å². The Morgan fingerprint density at radius 1 is 1.21 bits per heavy atom. The van der Waals surface area contributed by atoms with Gasteiger partial charge in [-0.15, -0.1) is 11.3 Å². The van der Waals surface area contributed by atoms with Crippen molar-refractivity contribution in [3.8, 4) is 16.9 Å². The van der Waals surface area contributed by atoms with Gasteiger partial charge in [-0.25, -0.2) is 4.98 Å². The van der Waals surface area contributed by atoms with Crippen LogP contribution in [0.25, 0.3) is 21.3 Å². The molecule has 1 aliphatic heterocycles. The van der Waals surface area contributed by atoms with E-state index in [1.165, 1.54) is 11.3 Å². The van der Waals surface area contributed by atoms with Crippen LogP contribution in [0, 0.1) is 0 Å². The molecule has 0 unspecified atom stereocenters. The first-order valence-electron chi connectivity index (χ1n) is 9.18. The fourth-order valence-corrected chi connectivity index (χ4v) is 4.52. The molecule has 1 amide bonds. The molecule has 0 saturated carbocycles. The SMILES string of the molecule is COc1ccccc1-c1csc2nc(CN3CCN(C(C)=O)CC3)[nH]c(=O)c12. The van der Waals surface area contributed by atoms with Crippen LogP contribution in [0.1, 0.15) is 12.7 Å². The molecule has 0 atom stereocenters. The van der Waals surface area contributed by atoms with Gasteiger partial charge in [-0.2, -0.15) is 0 Å². The summed E-state index contributed by atoms with van der Waals surface area (Å²) < 4.78 is 5.44. The van der Waals surface area contributed by atoms with Gasteiger partial charge >= 0.3 is 0 Å². The summed E-state index contributed by atoms with van der Waals surface area (Å²) in [5.41, 5.74) is 1.59. The third kappa shape index (κ3) is 3.53. The number of ether oxygens (including phenoxy) is 1. The molecule has 8 heteroatoms. The Balaban J connectivity index is 1.61. The minimum Gasteiger partial charge on any atom is -0.496 e. The first-order valence-corrected chi connectivity index (χ1v) is 10.1. The van der Waals surface area contributed by atoms with E-state index in [1.807, 2.05) is 34.5 Å². The van der Waals surface area contributed by atoms with E-state index in [4.69, 9.17) is 4.74 Å². The minimum atomic E-state index is -0.135. The van der Waals surface area contributed by atoms with Crippen molar-refractivity contribution in [1.29, 1.82) is 0 Å². The fourth-order valence-electron chi connectivity index (χ4n) is 3.57. The number of hydrogen-bond donors (Lipinski definition) is 1. The topological polar surface area (TPSA) is 78.5 Å². The lowest BCUT2D eigenvalue weighted by Gasteiger charge is -2.33. The quantitative estimate of drug-likeness (QED) is 0.730.